The Labute approximate surface area is 116 Å². The molecule has 0 spiro atoms. The molecule has 0 fully saturated rings. The minimum Gasteiger partial charge on any atom is -0.382 e. The molecule has 0 saturated carbocycles. The molecule has 0 heterocycles. The van der Waals surface area contributed by atoms with Crippen molar-refractivity contribution in [1.82, 2.24) is 0 Å². The fourth-order valence-corrected chi connectivity index (χ4v) is 1.98. The Morgan fingerprint density at radius 3 is 2.47 bits per heavy atom. The molecule has 0 aromatic heterocycles. The van der Waals surface area contributed by atoms with Crippen LogP contribution in [0.15, 0.2) is 18.2 Å². The monoisotopic (exact) mass is 262 g/mol. The Morgan fingerprint density at radius 2 is 1.89 bits per heavy atom. The summed E-state index contributed by atoms with van der Waals surface area (Å²) in [6.45, 7) is 10.3. The molecule has 1 amide bonds. The van der Waals surface area contributed by atoms with Gasteiger partial charge in [0.1, 0.15) is 0 Å². The second kappa shape index (κ2) is 7.17. The standard InChI is InChI=1S/C16H26N2O/c1-11(2)6-8-13(4)17-16-10-15(18-14(5)19)9-7-12(16)3/h7,9-11,13,17H,6,8H2,1-5H3,(H,18,19). The van der Waals surface area contributed by atoms with E-state index in [1.165, 1.54) is 18.9 Å². The number of nitrogens with one attached hydrogen (secondary N) is 2. The molecule has 106 valence electrons. The van der Waals surface area contributed by atoms with E-state index in [1.54, 1.807) is 0 Å². The minimum absolute atomic E-state index is 0.0392. The van der Waals surface area contributed by atoms with Crippen LogP contribution in [0.2, 0.25) is 0 Å². The lowest BCUT2D eigenvalue weighted by atomic mass is 10.0. The fourth-order valence-electron chi connectivity index (χ4n) is 1.98. The predicted molar refractivity (Wildman–Crippen MR) is 82.6 cm³/mol. The molecule has 1 rings (SSSR count). The average Bonchev–Trinajstić information content (AvgIpc) is 2.30. The summed E-state index contributed by atoms with van der Waals surface area (Å²) in [6.07, 6.45) is 2.38. The average molecular weight is 262 g/mol. The van der Waals surface area contributed by atoms with E-state index in [0.29, 0.717) is 6.04 Å². The molecular formula is C16H26N2O. The van der Waals surface area contributed by atoms with Crippen LogP contribution in [-0.4, -0.2) is 11.9 Å². The van der Waals surface area contributed by atoms with Crippen LogP contribution in [0.25, 0.3) is 0 Å². The van der Waals surface area contributed by atoms with Crippen LogP contribution in [-0.2, 0) is 4.79 Å². The molecular weight excluding hydrogens is 236 g/mol. The number of carbonyl (C=O) groups is 1. The van der Waals surface area contributed by atoms with E-state index in [0.717, 1.165) is 23.7 Å². The maximum atomic E-state index is 11.1. The third-order valence-electron chi connectivity index (χ3n) is 3.14. The first-order valence-corrected chi connectivity index (χ1v) is 7.03. The molecule has 0 aliphatic heterocycles. The number of hydrogen-bond donors (Lipinski definition) is 2. The van der Waals surface area contributed by atoms with Gasteiger partial charge in [-0.05, 0) is 50.3 Å². The smallest absolute Gasteiger partial charge is 0.221 e. The van der Waals surface area contributed by atoms with Crippen LogP contribution >= 0.6 is 0 Å². The third kappa shape index (κ3) is 5.77. The molecule has 3 heteroatoms. The molecule has 0 aliphatic rings. The maximum Gasteiger partial charge on any atom is 0.221 e. The summed E-state index contributed by atoms with van der Waals surface area (Å²) in [7, 11) is 0. The minimum atomic E-state index is -0.0392. The first-order valence-electron chi connectivity index (χ1n) is 7.03. The van der Waals surface area contributed by atoms with Gasteiger partial charge in [0.2, 0.25) is 5.91 Å². The number of rotatable bonds is 6. The highest BCUT2D eigenvalue weighted by Crippen LogP contribution is 2.22. The molecule has 2 N–H and O–H groups in total. The van der Waals surface area contributed by atoms with Gasteiger partial charge in [-0.2, -0.15) is 0 Å². The number of aryl methyl sites for hydroxylation is 1. The van der Waals surface area contributed by atoms with Gasteiger partial charge in [0, 0.05) is 24.3 Å². The summed E-state index contributed by atoms with van der Waals surface area (Å²) in [5, 5.41) is 6.34. The molecule has 0 radical (unpaired) electrons. The van der Waals surface area contributed by atoms with E-state index >= 15 is 0 Å². The van der Waals surface area contributed by atoms with Crippen molar-refractivity contribution in [2.75, 3.05) is 10.6 Å². The van der Waals surface area contributed by atoms with Gasteiger partial charge >= 0.3 is 0 Å². The highest BCUT2D eigenvalue weighted by molar-refractivity contribution is 5.89. The Hall–Kier alpha value is -1.51. The van der Waals surface area contributed by atoms with Crippen molar-refractivity contribution in [2.24, 2.45) is 5.92 Å². The summed E-state index contributed by atoms with van der Waals surface area (Å²) >= 11 is 0. The van der Waals surface area contributed by atoms with Gasteiger partial charge in [-0.1, -0.05) is 19.9 Å². The second-order valence-electron chi connectivity index (χ2n) is 5.73. The van der Waals surface area contributed by atoms with E-state index < -0.39 is 0 Å². The Balaban J connectivity index is 2.68. The lowest BCUT2D eigenvalue weighted by Gasteiger charge is -2.19. The first kappa shape index (κ1) is 15.5. The maximum absolute atomic E-state index is 11.1. The molecule has 1 unspecified atom stereocenters. The third-order valence-corrected chi connectivity index (χ3v) is 3.14. The number of carbonyl (C=O) groups excluding carboxylic acids is 1. The highest BCUT2D eigenvalue weighted by Gasteiger charge is 2.07. The molecule has 1 atom stereocenters. The molecule has 0 bridgehead atoms. The van der Waals surface area contributed by atoms with Crippen molar-refractivity contribution < 1.29 is 4.79 Å². The highest BCUT2D eigenvalue weighted by atomic mass is 16.1. The van der Waals surface area contributed by atoms with Crippen molar-refractivity contribution in [3.05, 3.63) is 23.8 Å². The van der Waals surface area contributed by atoms with Crippen molar-refractivity contribution in [2.45, 2.75) is 53.5 Å². The SMILES string of the molecule is CC(=O)Nc1ccc(C)c(NC(C)CCC(C)C)c1. The largest absolute Gasteiger partial charge is 0.382 e. The Bertz CT molecular complexity index is 427. The van der Waals surface area contributed by atoms with Gasteiger partial charge < -0.3 is 10.6 Å². The topological polar surface area (TPSA) is 41.1 Å². The van der Waals surface area contributed by atoms with Gasteiger partial charge in [0.15, 0.2) is 0 Å². The van der Waals surface area contributed by atoms with Gasteiger partial charge in [-0.15, -0.1) is 0 Å². The summed E-state index contributed by atoms with van der Waals surface area (Å²) in [4.78, 5) is 11.1. The van der Waals surface area contributed by atoms with Crippen LogP contribution in [0.5, 0.6) is 0 Å². The number of anilines is 2. The number of hydrogen-bond acceptors (Lipinski definition) is 2. The number of amides is 1. The summed E-state index contributed by atoms with van der Waals surface area (Å²) < 4.78 is 0. The number of benzene rings is 1. The molecule has 0 aliphatic carbocycles. The lowest BCUT2D eigenvalue weighted by molar-refractivity contribution is -0.114. The summed E-state index contributed by atoms with van der Waals surface area (Å²) in [5.74, 6) is 0.693. The van der Waals surface area contributed by atoms with Gasteiger partial charge in [0.05, 0.1) is 0 Å². The van der Waals surface area contributed by atoms with Crippen LogP contribution in [0, 0.1) is 12.8 Å². The van der Waals surface area contributed by atoms with Crippen molar-refractivity contribution in [3.63, 3.8) is 0 Å². The molecule has 3 nitrogen and oxygen atoms in total. The van der Waals surface area contributed by atoms with Crippen LogP contribution in [0.1, 0.15) is 46.1 Å². The predicted octanol–water partition coefficient (Wildman–Crippen LogP) is 4.19. The zero-order valence-corrected chi connectivity index (χ0v) is 12.7. The van der Waals surface area contributed by atoms with Crippen molar-refractivity contribution in [1.29, 1.82) is 0 Å². The first-order chi connectivity index (χ1) is 8.88. The van der Waals surface area contributed by atoms with Gasteiger partial charge in [-0.25, -0.2) is 0 Å². The molecule has 1 aromatic rings. The van der Waals surface area contributed by atoms with Gasteiger partial charge in [0.25, 0.3) is 0 Å². The van der Waals surface area contributed by atoms with E-state index in [1.807, 2.05) is 18.2 Å². The Kier molecular flexibility index (Phi) is 5.87. The van der Waals surface area contributed by atoms with Crippen LogP contribution in [0.3, 0.4) is 0 Å². The lowest BCUT2D eigenvalue weighted by Crippen LogP contribution is -2.17. The molecule has 0 saturated heterocycles. The molecule has 19 heavy (non-hydrogen) atoms. The Morgan fingerprint density at radius 1 is 1.21 bits per heavy atom. The summed E-state index contributed by atoms with van der Waals surface area (Å²) in [6, 6.07) is 6.40. The van der Waals surface area contributed by atoms with E-state index in [4.69, 9.17) is 0 Å². The van der Waals surface area contributed by atoms with Crippen molar-refractivity contribution in [3.8, 4) is 0 Å². The van der Waals surface area contributed by atoms with Crippen LogP contribution in [0.4, 0.5) is 11.4 Å². The quantitative estimate of drug-likeness (QED) is 0.807. The molecule has 1 aromatic carbocycles. The van der Waals surface area contributed by atoms with Crippen molar-refractivity contribution >= 4 is 17.3 Å². The second-order valence-corrected chi connectivity index (χ2v) is 5.73. The normalized spacial score (nSPS) is 12.3. The fraction of sp³-hybridized carbons (Fsp3) is 0.562. The van der Waals surface area contributed by atoms with E-state index in [2.05, 4.69) is 38.3 Å². The zero-order valence-electron chi connectivity index (χ0n) is 12.7. The van der Waals surface area contributed by atoms with E-state index in [-0.39, 0.29) is 5.91 Å². The van der Waals surface area contributed by atoms with Crippen LogP contribution < -0.4 is 10.6 Å². The summed E-state index contributed by atoms with van der Waals surface area (Å²) in [5.41, 5.74) is 3.14. The zero-order chi connectivity index (χ0) is 14.4. The van der Waals surface area contributed by atoms with E-state index in [9.17, 15) is 4.79 Å². The van der Waals surface area contributed by atoms with Gasteiger partial charge in [-0.3, -0.25) is 4.79 Å².